The number of benzene rings is 1. The zero-order chi connectivity index (χ0) is 14.2. The van der Waals surface area contributed by atoms with Gasteiger partial charge in [0.2, 0.25) is 11.7 Å². The van der Waals surface area contributed by atoms with E-state index in [1.165, 1.54) is 11.3 Å². The molecule has 0 aliphatic carbocycles. The summed E-state index contributed by atoms with van der Waals surface area (Å²) in [4.78, 5) is 8.77. The highest BCUT2D eigenvalue weighted by Gasteiger charge is 2.25. The molecule has 0 N–H and O–H groups in total. The first-order chi connectivity index (χ1) is 10.3. The minimum absolute atomic E-state index is 0.276. The first-order valence-corrected chi connectivity index (χ1v) is 7.19. The van der Waals surface area contributed by atoms with E-state index in [-0.39, 0.29) is 5.92 Å². The van der Waals surface area contributed by atoms with Gasteiger partial charge in [-0.05, 0) is 19.8 Å². The third kappa shape index (κ3) is 2.24. The van der Waals surface area contributed by atoms with Crippen molar-refractivity contribution < 1.29 is 4.52 Å². The van der Waals surface area contributed by atoms with Crippen LogP contribution >= 0.6 is 0 Å². The van der Waals surface area contributed by atoms with Crippen LogP contribution in [0.4, 0.5) is 0 Å². The maximum absolute atomic E-state index is 5.49. The largest absolute Gasteiger partial charge is 0.339 e. The Morgan fingerprint density at radius 1 is 1.24 bits per heavy atom. The van der Waals surface area contributed by atoms with Crippen molar-refractivity contribution in [3.8, 4) is 11.4 Å². The summed E-state index contributed by atoms with van der Waals surface area (Å²) >= 11 is 0. The molecule has 3 heterocycles. The normalized spacial score (nSPS) is 17.7. The lowest BCUT2D eigenvalue weighted by Gasteiger charge is -2.20. The van der Waals surface area contributed by atoms with Crippen LogP contribution in [0.25, 0.3) is 11.4 Å². The van der Waals surface area contributed by atoms with Gasteiger partial charge in [0.25, 0.3) is 0 Å². The average molecular weight is 280 g/mol. The molecule has 0 amide bonds. The number of hydrogen-bond acceptors (Lipinski definition) is 4. The number of aryl methyl sites for hydroxylation is 2. The Labute approximate surface area is 122 Å². The van der Waals surface area contributed by atoms with Crippen molar-refractivity contribution in [3.63, 3.8) is 0 Å². The van der Waals surface area contributed by atoms with Crippen molar-refractivity contribution in [2.45, 2.75) is 32.2 Å². The Hall–Kier alpha value is -2.43. The van der Waals surface area contributed by atoms with Gasteiger partial charge >= 0.3 is 0 Å². The van der Waals surface area contributed by atoms with Crippen LogP contribution in [0.1, 0.15) is 29.5 Å². The Morgan fingerprint density at radius 2 is 2.10 bits per heavy atom. The first kappa shape index (κ1) is 12.3. The zero-order valence-electron chi connectivity index (χ0n) is 11.9. The zero-order valence-corrected chi connectivity index (χ0v) is 11.9. The standard InChI is InChI=1S/C16H16N4O/c1-11-2-4-12(5-3-11)15-18-16(21-19-15)13-6-7-14-8-17-10-20(14)9-13/h2-5,8,10,13H,6-7,9H2,1H3/t13-/m0/s1. The van der Waals surface area contributed by atoms with Gasteiger partial charge in [0.15, 0.2) is 0 Å². The van der Waals surface area contributed by atoms with E-state index in [9.17, 15) is 0 Å². The lowest BCUT2D eigenvalue weighted by Crippen LogP contribution is -2.17. The summed E-state index contributed by atoms with van der Waals surface area (Å²) in [7, 11) is 0. The van der Waals surface area contributed by atoms with Gasteiger partial charge in [-0.2, -0.15) is 4.98 Å². The molecule has 1 atom stereocenters. The quantitative estimate of drug-likeness (QED) is 0.724. The number of aromatic nitrogens is 4. The van der Waals surface area contributed by atoms with Crippen LogP contribution in [0.2, 0.25) is 0 Å². The van der Waals surface area contributed by atoms with E-state index in [4.69, 9.17) is 4.52 Å². The molecule has 106 valence electrons. The van der Waals surface area contributed by atoms with Gasteiger partial charge in [0.1, 0.15) is 0 Å². The van der Waals surface area contributed by atoms with Crippen molar-refractivity contribution in [3.05, 3.63) is 53.9 Å². The van der Waals surface area contributed by atoms with Crippen molar-refractivity contribution in [2.24, 2.45) is 0 Å². The monoisotopic (exact) mass is 280 g/mol. The third-order valence-corrected chi connectivity index (χ3v) is 4.07. The Balaban J connectivity index is 1.59. The lowest BCUT2D eigenvalue weighted by atomic mass is 9.98. The molecule has 0 radical (unpaired) electrons. The minimum Gasteiger partial charge on any atom is -0.339 e. The van der Waals surface area contributed by atoms with Crippen molar-refractivity contribution >= 4 is 0 Å². The van der Waals surface area contributed by atoms with Crippen LogP contribution in [0.3, 0.4) is 0 Å². The molecule has 0 fully saturated rings. The highest BCUT2D eigenvalue weighted by molar-refractivity contribution is 5.54. The van der Waals surface area contributed by atoms with E-state index < -0.39 is 0 Å². The molecule has 4 rings (SSSR count). The molecule has 0 spiro atoms. The molecule has 1 aliphatic heterocycles. The number of nitrogens with zero attached hydrogens (tertiary/aromatic N) is 4. The number of rotatable bonds is 2. The molecule has 1 aliphatic rings. The summed E-state index contributed by atoms with van der Waals surface area (Å²) < 4.78 is 7.66. The molecule has 21 heavy (non-hydrogen) atoms. The second kappa shape index (κ2) is 4.84. The number of fused-ring (bicyclic) bond motifs is 1. The molecule has 5 nitrogen and oxygen atoms in total. The van der Waals surface area contributed by atoms with Crippen LogP contribution in [0, 0.1) is 6.92 Å². The van der Waals surface area contributed by atoms with Crippen LogP contribution < -0.4 is 0 Å². The van der Waals surface area contributed by atoms with E-state index in [1.54, 1.807) is 0 Å². The summed E-state index contributed by atoms with van der Waals surface area (Å²) in [6.07, 6.45) is 5.84. The van der Waals surface area contributed by atoms with Gasteiger partial charge in [-0.25, -0.2) is 4.98 Å². The summed E-state index contributed by atoms with van der Waals surface area (Å²) in [5, 5.41) is 4.12. The predicted molar refractivity (Wildman–Crippen MR) is 77.8 cm³/mol. The number of imidazole rings is 1. The molecule has 0 unspecified atom stereocenters. The maximum Gasteiger partial charge on any atom is 0.231 e. The molecule has 1 aromatic carbocycles. The molecule has 3 aromatic rings. The predicted octanol–water partition coefficient (Wildman–Crippen LogP) is 2.97. The van der Waals surface area contributed by atoms with Gasteiger partial charge in [0.05, 0.1) is 12.2 Å². The SMILES string of the molecule is Cc1ccc(-c2noc([C@H]3CCc4cncn4C3)n2)cc1. The molecular formula is C16H16N4O. The van der Waals surface area contributed by atoms with E-state index in [0.29, 0.717) is 5.82 Å². The van der Waals surface area contributed by atoms with Gasteiger partial charge in [-0.15, -0.1) is 0 Å². The third-order valence-electron chi connectivity index (χ3n) is 4.07. The molecular weight excluding hydrogens is 264 g/mol. The van der Waals surface area contributed by atoms with E-state index in [0.717, 1.165) is 30.8 Å². The smallest absolute Gasteiger partial charge is 0.231 e. The highest BCUT2D eigenvalue weighted by atomic mass is 16.5. The molecule has 5 heteroatoms. The van der Waals surface area contributed by atoms with Gasteiger partial charge < -0.3 is 9.09 Å². The van der Waals surface area contributed by atoms with Crippen LogP contribution in [-0.4, -0.2) is 19.7 Å². The molecule has 0 saturated carbocycles. The van der Waals surface area contributed by atoms with Gasteiger partial charge in [0, 0.05) is 24.0 Å². The first-order valence-electron chi connectivity index (χ1n) is 7.19. The van der Waals surface area contributed by atoms with Crippen molar-refractivity contribution in [2.75, 3.05) is 0 Å². The minimum atomic E-state index is 0.276. The fourth-order valence-corrected chi connectivity index (χ4v) is 2.79. The van der Waals surface area contributed by atoms with E-state index in [1.807, 2.05) is 24.7 Å². The Bertz CT molecular complexity index is 757. The Kier molecular flexibility index (Phi) is 2.84. The topological polar surface area (TPSA) is 56.7 Å². The van der Waals surface area contributed by atoms with E-state index in [2.05, 4.69) is 38.7 Å². The average Bonchev–Trinajstić information content (AvgIpc) is 3.16. The molecule has 0 bridgehead atoms. The number of hydrogen-bond donors (Lipinski definition) is 0. The highest BCUT2D eigenvalue weighted by Crippen LogP contribution is 2.29. The lowest BCUT2D eigenvalue weighted by molar-refractivity contribution is 0.318. The van der Waals surface area contributed by atoms with Crippen molar-refractivity contribution in [1.82, 2.24) is 19.7 Å². The summed E-state index contributed by atoms with van der Waals surface area (Å²) in [6, 6.07) is 8.17. The molecule has 0 saturated heterocycles. The summed E-state index contributed by atoms with van der Waals surface area (Å²) in [5.41, 5.74) is 3.50. The fourth-order valence-electron chi connectivity index (χ4n) is 2.79. The second-order valence-corrected chi connectivity index (χ2v) is 5.60. The van der Waals surface area contributed by atoms with Crippen LogP contribution in [-0.2, 0) is 13.0 Å². The Morgan fingerprint density at radius 3 is 2.95 bits per heavy atom. The second-order valence-electron chi connectivity index (χ2n) is 5.60. The van der Waals surface area contributed by atoms with E-state index >= 15 is 0 Å². The van der Waals surface area contributed by atoms with Crippen LogP contribution in [0.15, 0.2) is 41.3 Å². The summed E-state index contributed by atoms with van der Waals surface area (Å²) in [6.45, 7) is 2.93. The maximum atomic E-state index is 5.49. The van der Waals surface area contributed by atoms with Crippen LogP contribution in [0.5, 0.6) is 0 Å². The van der Waals surface area contributed by atoms with Crippen molar-refractivity contribution in [1.29, 1.82) is 0 Å². The molecule has 2 aromatic heterocycles. The van der Waals surface area contributed by atoms with Gasteiger partial charge in [-0.3, -0.25) is 0 Å². The summed E-state index contributed by atoms with van der Waals surface area (Å²) in [5.74, 6) is 1.67. The fraction of sp³-hybridized carbons (Fsp3) is 0.312. The van der Waals surface area contributed by atoms with Gasteiger partial charge in [-0.1, -0.05) is 35.0 Å².